The molecule has 0 aromatic carbocycles. The standard InChI is InChI=1S/C16H29NO3/c1-4-6-9-12(5-2)14(18)17-13-10-7-8-11-16(13,3)15(19)20/h12-13H,4-11H2,1-3H3,(H,17,18)(H,19,20). The first kappa shape index (κ1) is 17.0. The normalized spacial score (nSPS) is 27.9. The number of carbonyl (C=O) groups excluding carboxylic acids is 1. The number of carbonyl (C=O) groups is 2. The fraction of sp³-hybridized carbons (Fsp3) is 0.875. The number of unbranched alkanes of at least 4 members (excludes halogenated alkanes) is 1. The summed E-state index contributed by atoms with van der Waals surface area (Å²) < 4.78 is 0. The summed E-state index contributed by atoms with van der Waals surface area (Å²) >= 11 is 0. The predicted octanol–water partition coefficient (Wildman–Crippen LogP) is 3.35. The zero-order valence-corrected chi connectivity index (χ0v) is 13.1. The minimum absolute atomic E-state index is 0.0231. The van der Waals surface area contributed by atoms with Crippen molar-refractivity contribution < 1.29 is 14.7 Å². The van der Waals surface area contributed by atoms with E-state index in [4.69, 9.17) is 0 Å². The monoisotopic (exact) mass is 283 g/mol. The summed E-state index contributed by atoms with van der Waals surface area (Å²) in [5, 5.41) is 12.5. The van der Waals surface area contributed by atoms with E-state index in [9.17, 15) is 14.7 Å². The van der Waals surface area contributed by atoms with Crippen LogP contribution in [0.3, 0.4) is 0 Å². The fourth-order valence-corrected chi connectivity index (χ4v) is 3.08. The first-order chi connectivity index (χ1) is 9.45. The maximum atomic E-state index is 12.4. The highest BCUT2D eigenvalue weighted by Crippen LogP contribution is 2.36. The molecule has 0 aliphatic heterocycles. The van der Waals surface area contributed by atoms with Crippen LogP contribution in [0.15, 0.2) is 0 Å². The van der Waals surface area contributed by atoms with Gasteiger partial charge in [0.15, 0.2) is 0 Å². The van der Waals surface area contributed by atoms with Gasteiger partial charge >= 0.3 is 5.97 Å². The molecule has 3 unspecified atom stereocenters. The minimum Gasteiger partial charge on any atom is -0.481 e. The summed E-state index contributed by atoms with van der Waals surface area (Å²) in [5.74, 6) is -0.723. The van der Waals surface area contributed by atoms with E-state index in [1.807, 2.05) is 6.92 Å². The van der Waals surface area contributed by atoms with E-state index in [2.05, 4.69) is 12.2 Å². The van der Waals surface area contributed by atoms with E-state index in [0.29, 0.717) is 6.42 Å². The number of carboxylic acid groups (broad SMARTS) is 1. The molecule has 1 rings (SSSR count). The third-order valence-corrected chi connectivity index (χ3v) is 4.78. The van der Waals surface area contributed by atoms with Gasteiger partial charge in [0.2, 0.25) is 5.91 Å². The summed E-state index contributed by atoms with van der Waals surface area (Å²) in [5.41, 5.74) is -0.809. The maximum absolute atomic E-state index is 12.4. The van der Waals surface area contributed by atoms with Gasteiger partial charge in [0.1, 0.15) is 0 Å². The van der Waals surface area contributed by atoms with Gasteiger partial charge in [0, 0.05) is 12.0 Å². The number of amides is 1. The Kier molecular flexibility index (Phi) is 6.50. The molecule has 1 saturated carbocycles. The molecule has 3 atom stereocenters. The van der Waals surface area contributed by atoms with Gasteiger partial charge in [-0.3, -0.25) is 9.59 Å². The number of rotatable bonds is 7. The van der Waals surface area contributed by atoms with Gasteiger partial charge < -0.3 is 10.4 Å². The molecule has 0 aromatic heterocycles. The van der Waals surface area contributed by atoms with Crippen molar-refractivity contribution in [3.8, 4) is 0 Å². The molecule has 1 fully saturated rings. The Morgan fingerprint density at radius 2 is 2.05 bits per heavy atom. The molecule has 20 heavy (non-hydrogen) atoms. The Hall–Kier alpha value is -1.06. The lowest BCUT2D eigenvalue weighted by Gasteiger charge is -2.39. The van der Waals surface area contributed by atoms with E-state index in [1.54, 1.807) is 6.92 Å². The van der Waals surface area contributed by atoms with Crippen molar-refractivity contribution in [2.45, 2.75) is 78.2 Å². The van der Waals surface area contributed by atoms with E-state index in [1.165, 1.54) is 0 Å². The van der Waals surface area contributed by atoms with Crippen LogP contribution in [0.5, 0.6) is 0 Å². The summed E-state index contributed by atoms with van der Waals surface area (Å²) in [6, 6.07) is -0.225. The molecule has 4 heteroatoms. The van der Waals surface area contributed by atoms with Crippen LogP contribution in [0, 0.1) is 11.3 Å². The largest absolute Gasteiger partial charge is 0.481 e. The van der Waals surface area contributed by atoms with Gasteiger partial charge in [-0.15, -0.1) is 0 Å². The van der Waals surface area contributed by atoms with Crippen molar-refractivity contribution in [2.75, 3.05) is 0 Å². The summed E-state index contributed by atoms with van der Waals surface area (Å²) in [6.45, 7) is 5.91. The van der Waals surface area contributed by atoms with Crippen LogP contribution in [0.2, 0.25) is 0 Å². The zero-order chi connectivity index (χ0) is 15.2. The fourth-order valence-electron chi connectivity index (χ4n) is 3.08. The van der Waals surface area contributed by atoms with E-state index in [-0.39, 0.29) is 17.9 Å². The molecular formula is C16H29NO3. The Labute approximate surface area is 122 Å². The van der Waals surface area contributed by atoms with Crippen LogP contribution in [0.4, 0.5) is 0 Å². The maximum Gasteiger partial charge on any atom is 0.311 e. The molecular weight excluding hydrogens is 254 g/mol. The number of nitrogens with one attached hydrogen (secondary N) is 1. The summed E-state index contributed by atoms with van der Waals surface area (Å²) in [7, 11) is 0. The molecule has 4 nitrogen and oxygen atoms in total. The molecule has 0 heterocycles. The number of carboxylic acids is 1. The van der Waals surface area contributed by atoms with Crippen molar-refractivity contribution in [1.82, 2.24) is 5.32 Å². The molecule has 1 aliphatic carbocycles. The van der Waals surface area contributed by atoms with Gasteiger partial charge in [0.05, 0.1) is 5.41 Å². The smallest absolute Gasteiger partial charge is 0.311 e. The van der Waals surface area contributed by atoms with Crippen molar-refractivity contribution in [3.05, 3.63) is 0 Å². The lowest BCUT2D eigenvalue weighted by molar-refractivity contribution is -0.152. The Bertz CT molecular complexity index is 343. The minimum atomic E-state index is -0.809. The molecule has 0 bridgehead atoms. The van der Waals surface area contributed by atoms with Crippen LogP contribution >= 0.6 is 0 Å². The van der Waals surface area contributed by atoms with Gasteiger partial charge in [-0.25, -0.2) is 0 Å². The van der Waals surface area contributed by atoms with E-state index < -0.39 is 11.4 Å². The summed E-state index contributed by atoms with van der Waals surface area (Å²) in [4.78, 5) is 23.9. The van der Waals surface area contributed by atoms with Crippen LogP contribution in [-0.2, 0) is 9.59 Å². The van der Waals surface area contributed by atoms with Crippen molar-refractivity contribution >= 4 is 11.9 Å². The Balaban J connectivity index is 2.68. The topological polar surface area (TPSA) is 66.4 Å². The van der Waals surface area contributed by atoms with E-state index in [0.717, 1.165) is 44.9 Å². The lowest BCUT2D eigenvalue weighted by Crippen LogP contribution is -2.53. The first-order valence-electron chi connectivity index (χ1n) is 7.99. The van der Waals surface area contributed by atoms with Crippen LogP contribution in [0.25, 0.3) is 0 Å². The average Bonchev–Trinajstić information content (AvgIpc) is 2.42. The second-order valence-electron chi connectivity index (χ2n) is 6.28. The van der Waals surface area contributed by atoms with Crippen LogP contribution in [-0.4, -0.2) is 23.0 Å². The summed E-state index contributed by atoms with van der Waals surface area (Å²) in [6.07, 6.45) is 7.21. The molecule has 0 spiro atoms. The first-order valence-corrected chi connectivity index (χ1v) is 7.99. The van der Waals surface area contributed by atoms with E-state index >= 15 is 0 Å². The highest BCUT2D eigenvalue weighted by molar-refractivity contribution is 5.81. The second kappa shape index (κ2) is 7.65. The molecule has 0 saturated heterocycles. The number of hydrogen-bond acceptors (Lipinski definition) is 2. The van der Waals surface area contributed by atoms with Crippen LogP contribution < -0.4 is 5.32 Å². The van der Waals surface area contributed by atoms with Gasteiger partial charge in [-0.1, -0.05) is 39.5 Å². The Morgan fingerprint density at radius 3 is 2.60 bits per heavy atom. The van der Waals surface area contributed by atoms with Gasteiger partial charge in [-0.2, -0.15) is 0 Å². The average molecular weight is 283 g/mol. The van der Waals surface area contributed by atoms with Crippen LogP contribution in [0.1, 0.15) is 72.1 Å². The third-order valence-electron chi connectivity index (χ3n) is 4.78. The molecule has 2 N–H and O–H groups in total. The highest BCUT2D eigenvalue weighted by atomic mass is 16.4. The SMILES string of the molecule is CCCCC(CC)C(=O)NC1CCCCC1(C)C(=O)O. The molecule has 1 aliphatic rings. The molecule has 0 aromatic rings. The van der Waals surface area contributed by atoms with Gasteiger partial charge in [0.25, 0.3) is 0 Å². The quantitative estimate of drug-likeness (QED) is 0.753. The van der Waals surface area contributed by atoms with Gasteiger partial charge in [-0.05, 0) is 32.6 Å². The van der Waals surface area contributed by atoms with Crippen molar-refractivity contribution in [3.63, 3.8) is 0 Å². The zero-order valence-electron chi connectivity index (χ0n) is 13.1. The molecule has 116 valence electrons. The Morgan fingerprint density at radius 1 is 1.35 bits per heavy atom. The number of aliphatic carboxylic acids is 1. The third kappa shape index (κ3) is 3.97. The lowest BCUT2D eigenvalue weighted by atomic mass is 9.71. The van der Waals surface area contributed by atoms with Crippen molar-refractivity contribution in [2.24, 2.45) is 11.3 Å². The predicted molar refractivity (Wildman–Crippen MR) is 79.4 cm³/mol. The number of hydrogen-bond donors (Lipinski definition) is 2. The van der Waals surface area contributed by atoms with Crippen molar-refractivity contribution in [1.29, 1.82) is 0 Å². The molecule has 0 radical (unpaired) electrons. The highest BCUT2D eigenvalue weighted by Gasteiger charge is 2.44. The second-order valence-corrected chi connectivity index (χ2v) is 6.28. The molecule has 1 amide bonds.